The minimum absolute atomic E-state index is 0.0871. The van der Waals surface area contributed by atoms with Gasteiger partial charge in [0.05, 0.1) is 12.6 Å². The molecule has 0 aromatic carbocycles. The fourth-order valence-electron chi connectivity index (χ4n) is 0.714. The highest BCUT2D eigenvalue weighted by Gasteiger charge is 2.38. The molecule has 86 valence electrons. The van der Waals surface area contributed by atoms with Crippen molar-refractivity contribution in [1.82, 2.24) is 10.0 Å². The predicted octanol–water partition coefficient (Wildman–Crippen LogP) is -1.36. The van der Waals surface area contributed by atoms with Crippen LogP contribution in [0.3, 0.4) is 0 Å². The van der Waals surface area contributed by atoms with Gasteiger partial charge in [0.1, 0.15) is 0 Å². The molecule has 0 bridgehead atoms. The molecule has 10 heteroatoms. The third kappa shape index (κ3) is 2.64. The molecule has 0 rings (SSSR count). The van der Waals surface area contributed by atoms with Crippen LogP contribution in [-0.4, -0.2) is 38.4 Å². The quantitative estimate of drug-likeness (QED) is 0.193. The third-order valence-corrected chi connectivity index (χ3v) is 1.39. The number of nitrogens with zero attached hydrogens (tertiary/aromatic N) is 4. The summed E-state index contributed by atoms with van der Waals surface area (Å²) >= 11 is 0. The van der Waals surface area contributed by atoms with Gasteiger partial charge in [-0.25, -0.2) is 20.2 Å². The van der Waals surface area contributed by atoms with Gasteiger partial charge in [-0.1, -0.05) is 11.4 Å². The molecule has 0 aliphatic rings. The van der Waals surface area contributed by atoms with Crippen molar-refractivity contribution in [3.05, 3.63) is 20.2 Å². The van der Waals surface area contributed by atoms with Crippen LogP contribution in [0.15, 0.2) is 0 Å². The van der Waals surface area contributed by atoms with E-state index in [1.54, 1.807) is 0 Å². The van der Waals surface area contributed by atoms with Gasteiger partial charge in [0.15, 0.2) is 10.1 Å². The SMILES string of the molecule is C#CN(C(=O)C(=O)N(CC)[N+](=O)[O-])[N+](=O)[O-]. The topological polar surface area (TPSA) is 127 Å². The van der Waals surface area contributed by atoms with Crippen LogP contribution < -0.4 is 0 Å². The molecule has 0 heterocycles. The van der Waals surface area contributed by atoms with Crippen molar-refractivity contribution in [1.29, 1.82) is 0 Å². The first-order valence-electron chi connectivity index (χ1n) is 3.77. The van der Waals surface area contributed by atoms with Gasteiger partial charge < -0.3 is 0 Å². The summed E-state index contributed by atoms with van der Waals surface area (Å²) in [5, 5.41) is 17.4. The first kappa shape index (κ1) is 13.3. The highest BCUT2D eigenvalue weighted by atomic mass is 16.7. The molecule has 0 aliphatic carbocycles. The van der Waals surface area contributed by atoms with Crippen LogP contribution in [0.4, 0.5) is 0 Å². The van der Waals surface area contributed by atoms with Gasteiger partial charge in [0, 0.05) is 5.01 Å². The third-order valence-electron chi connectivity index (χ3n) is 1.39. The molecular weight excluding hydrogens is 224 g/mol. The molecule has 0 aromatic heterocycles. The molecule has 0 aromatic rings. The van der Waals surface area contributed by atoms with E-state index in [2.05, 4.69) is 6.42 Å². The monoisotopic (exact) mass is 230 g/mol. The lowest BCUT2D eigenvalue weighted by Gasteiger charge is -2.09. The molecule has 0 radical (unpaired) electrons. The van der Waals surface area contributed by atoms with Gasteiger partial charge in [-0.15, -0.1) is 0 Å². The summed E-state index contributed by atoms with van der Waals surface area (Å²) in [4.78, 5) is 42.6. The Morgan fingerprint density at radius 3 is 2.00 bits per heavy atom. The van der Waals surface area contributed by atoms with Crippen LogP contribution >= 0.6 is 0 Å². The summed E-state index contributed by atoms with van der Waals surface area (Å²) < 4.78 is 0. The zero-order chi connectivity index (χ0) is 12.9. The van der Waals surface area contributed by atoms with E-state index in [4.69, 9.17) is 0 Å². The fraction of sp³-hybridized carbons (Fsp3) is 0.333. The maximum Gasteiger partial charge on any atom is 0.392 e. The predicted molar refractivity (Wildman–Crippen MR) is 47.1 cm³/mol. The van der Waals surface area contributed by atoms with Crippen LogP contribution in [0.2, 0.25) is 0 Å². The molecule has 0 spiro atoms. The molecule has 0 atom stereocenters. The summed E-state index contributed by atoms with van der Waals surface area (Å²) in [6.07, 6.45) is 4.60. The second kappa shape index (κ2) is 5.25. The molecule has 2 amide bonds. The number of likely N-dealkylation sites (N-methyl/N-ethyl adjacent to an activating group) is 1. The molecule has 0 saturated heterocycles. The van der Waals surface area contributed by atoms with E-state index in [1.165, 1.54) is 13.0 Å². The number of carbonyl (C=O) groups excluding carboxylic acids is 2. The van der Waals surface area contributed by atoms with Gasteiger partial charge >= 0.3 is 11.8 Å². The smallest absolute Gasteiger partial charge is 0.257 e. The maximum absolute atomic E-state index is 11.1. The van der Waals surface area contributed by atoms with Crippen LogP contribution in [0.5, 0.6) is 0 Å². The van der Waals surface area contributed by atoms with Crippen LogP contribution in [-0.2, 0) is 9.59 Å². The fourth-order valence-corrected chi connectivity index (χ4v) is 0.714. The van der Waals surface area contributed by atoms with Gasteiger partial charge in [0.2, 0.25) is 0 Å². The van der Waals surface area contributed by atoms with E-state index in [1.807, 2.05) is 0 Å². The molecule has 0 aliphatic heterocycles. The van der Waals surface area contributed by atoms with Gasteiger partial charge in [-0.05, 0) is 6.92 Å². The lowest BCUT2D eigenvalue weighted by Crippen LogP contribution is -2.47. The highest BCUT2D eigenvalue weighted by Crippen LogP contribution is 1.96. The van der Waals surface area contributed by atoms with Gasteiger partial charge in [0.25, 0.3) is 0 Å². The second-order valence-electron chi connectivity index (χ2n) is 2.24. The van der Waals surface area contributed by atoms with E-state index >= 15 is 0 Å². The van der Waals surface area contributed by atoms with Crippen molar-refractivity contribution in [2.45, 2.75) is 6.92 Å². The number of amides is 2. The first-order chi connectivity index (χ1) is 7.36. The number of hydrazine groups is 2. The summed E-state index contributed by atoms with van der Waals surface area (Å²) in [5.41, 5.74) is 0. The van der Waals surface area contributed by atoms with E-state index in [-0.39, 0.29) is 5.01 Å². The zero-order valence-corrected chi connectivity index (χ0v) is 8.02. The highest BCUT2D eigenvalue weighted by molar-refractivity contribution is 6.34. The van der Waals surface area contributed by atoms with E-state index in [9.17, 15) is 29.8 Å². The minimum Gasteiger partial charge on any atom is -0.257 e. The minimum atomic E-state index is -1.77. The Morgan fingerprint density at radius 2 is 1.75 bits per heavy atom. The average Bonchev–Trinajstić information content (AvgIpc) is 2.18. The zero-order valence-electron chi connectivity index (χ0n) is 8.02. The van der Waals surface area contributed by atoms with Crippen LogP contribution in [0.25, 0.3) is 0 Å². The average molecular weight is 230 g/mol. The number of carbonyl (C=O) groups is 2. The van der Waals surface area contributed by atoms with Gasteiger partial charge in [-0.3, -0.25) is 9.59 Å². The van der Waals surface area contributed by atoms with E-state index in [0.717, 1.165) is 0 Å². The molecular formula is C6H6N4O6. The second-order valence-corrected chi connectivity index (χ2v) is 2.24. The Bertz CT molecular complexity index is 385. The largest absolute Gasteiger partial charge is 0.392 e. The maximum atomic E-state index is 11.1. The van der Waals surface area contributed by atoms with Crippen LogP contribution in [0, 0.1) is 32.7 Å². The number of hydrogen-bond donors (Lipinski definition) is 0. The molecule has 0 fully saturated rings. The molecule has 0 saturated carbocycles. The normalized spacial score (nSPS) is 8.75. The standard InChI is InChI=1S/C6H6N4O6/c1-3-7(9(13)14)5(11)6(12)8(4-2)10(15)16/h1H,4H2,2H3. The van der Waals surface area contributed by atoms with Crippen molar-refractivity contribution >= 4 is 11.8 Å². The number of rotatable bonds is 3. The Kier molecular flexibility index (Phi) is 4.36. The Balaban J connectivity index is 5.00. The van der Waals surface area contributed by atoms with Gasteiger partial charge in [-0.2, -0.15) is 0 Å². The Hall–Kier alpha value is -2.70. The number of terminal acetylenes is 1. The van der Waals surface area contributed by atoms with Crippen molar-refractivity contribution in [3.8, 4) is 12.5 Å². The molecule has 10 nitrogen and oxygen atoms in total. The number of nitro groups is 2. The lowest BCUT2D eigenvalue weighted by molar-refractivity contribution is -0.635. The Labute approximate surface area is 88.7 Å². The summed E-state index contributed by atoms with van der Waals surface area (Å²) in [6, 6.07) is 1.31. The lowest BCUT2D eigenvalue weighted by atomic mass is 10.5. The van der Waals surface area contributed by atoms with Crippen molar-refractivity contribution in [2.75, 3.05) is 6.54 Å². The Morgan fingerprint density at radius 1 is 1.25 bits per heavy atom. The summed E-state index contributed by atoms with van der Waals surface area (Å²) in [6.45, 7) is 0.800. The van der Waals surface area contributed by atoms with Crippen molar-refractivity contribution in [2.24, 2.45) is 0 Å². The summed E-state index contributed by atoms with van der Waals surface area (Å²) in [7, 11) is 0. The van der Waals surface area contributed by atoms with Crippen LogP contribution in [0.1, 0.15) is 6.92 Å². The van der Waals surface area contributed by atoms with Crippen molar-refractivity contribution < 1.29 is 19.7 Å². The van der Waals surface area contributed by atoms with E-state index < -0.39 is 33.4 Å². The summed E-state index contributed by atoms with van der Waals surface area (Å²) in [5.74, 6) is -3.45. The molecule has 0 unspecified atom stereocenters. The first-order valence-corrected chi connectivity index (χ1v) is 3.77. The van der Waals surface area contributed by atoms with Crippen molar-refractivity contribution in [3.63, 3.8) is 0 Å². The molecule has 16 heavy (non-hydrogen) atoms. The van der Waals surface area contributed by atoms with E-state index in [0.29, 0.717) is 0 Å². The number of hydrogen-bond acceptors (Lipinski definition) is 6. The molecule has 0 N–H and O–H groups in total.